The second-order valence-electron chi connectivity index (χ2n) is 4.18. The minimum atomic E-state index is -0.205. The monoisotopic (exact) mass is 382 g/mol. The highest BCUT2D eigenvalue weighted by atomic mass is 79.9. The summed E-state index contributed by atoms with van der Waals surface area (Å²) < 4.78 is 1.56. The van der Waals surface area contributed by atoms with Gasteiger partial charge in [0.25, 0.3) is 5.91 Å². The standard InChI is InChI=1S/C14H12Br2N2O/c1-8-2-5-13(12(16)6-8)18-14(19)10-7-9(17)3-4-11(10)15/h2-7H,17H2,1H3,(H,18,19). The average molecular weight is 384 g/mol. The van der Waals surface area contributed by atoms with E-state index in [4.69, 9.17) is 5.73 Å². The zero-order chi connectivity index (χ0) is 14.0. The molecule has 2 rings (SSSR count). The molecule has 3 nitrogen and oxygen atoms in total. The van der Waals surface area contributed by atoms with E-state index >= 15 is 0 Å². The summed E-state index contributed by atoms with van der Waals surface area (Å²) in [5.74, 6) is -0.205. The molecule has 0 fully saturated rings. The van der Waals surface area contributed by atoms with Crippen molar-refractivity contribution in [2.24, 2.45) is 0 Å². The van der Waals surface area contributed by atoms with Crippen LogP contribution in [0.2, 0.25) is 0 Å². The van der Waals surface area contributed by atoms with Gasteiger partial charge in [-0.1, -0.05) is 6.07 Å². The summed E-state index contributed by atoms with van der Waals surface area (Å²) in [6.45, 7) is 1.99. The van der Waals surface area contributed by atoms with Gasteiger partial charge < -0.3 is 11.1 Å². The maximum absolute atomic E-state index is 12.2. The smallest absolute Gasteiger partial charge is 0.256 e. The zero-order valence-electron chi connectivity index (χ0n) is 10.2. The zero-order valence-corrected chi connectivity index (χ0v) is 13.4. The van der Waals surface area contributed by atoms with Gasteiger partial charge in [-0.15, -0.1) is 0 Å². The fourth-order valence-electron chi connectivity index (χ4n) is 1.63. The lowest BCUT2D eigenvalue weighted by molar-refractivity contribution is 0.102. The fraction of sp³-hybridized carbons (Fsp3) is 0.0714. The number of amides is 1. The molecule has 0 radical (unpaired) electrons. The number of carbonyl (C=O) groups excluding carboxylic acids is 1. The van der Waals surface area contributed by atoms with Crippen molar-refractivity contribution in [1.29, 1.82) is 0 Å². The summed E-state index contributed by atoms with van der Waals surface area (Å²) in [7, 11) is 0. The number of halogens is 2. The largest absolute Gasteiger partial charge is 0.399 e. The molecule has 3 N–H and O–H groups in total. The van der Waals surface area contributed by atoms with Gasteiger partial charge in [-0.2, -0.15) is 0 Å². The summed E-state index contributed by atoms with van der Waals surface area (Å²) in [6, 6.07) is 10.9. The van der Waals surface area contributed by atoms with Gasteiger partial charge in [-0.3, -0.25) is 4.79 Å². The van der Waals surface area contributed by atoms with Gasteiger partial charge >= 0.3 is 0 Å². The molecule has 98 valence electrons. The van der Waals surface area contributed by atoms with Crippen molar-refractivity contribution in [2.45, 2.75) is 6.92 Å². The summed E-state index contributed by atoms with van der Waals surface area (Å²) in [6.07, 6.45) is 0. The van der Waals surface area contributed by atoms with Crippen LogP contribution in [-0.4, -0.2) is 5.91 Å². The molecule has 1 amide bonds. The van der Waals surface area contributed by atoms with Gasteiger partial charge in [0.15, 0.2) is 0 Å². The summed E-state index contributed by atoms with van der Waals surface area (Å²) in [5.41, 5.74) is 8.60. The van der Waals surface area contributed by atoms with E-state index in [-0.39, 0.29) is 5.91 Å². The summed E-state index contributed by atoms with van der Waals surface area (Å²) in [5, 5.41) is 2.85. The van der Waals surface area contributed by atoms with Crippen molar-refractivity contribution >= 4 is 49.1 Å². The number of hydrogen-bond donors (Lipinski definition) is 2. The normalized spacial score (nSPS) is 10.3. The Hall–Kier alpha value is -1.33. The molecule has 0 aliphatic rings. The molecular formula is C14H12Br2N2O. The quantitative estimate of drug-likeness (QED) is 0.757. The van der Waals surface area contributed by atoms with Crippen molar-refractivity contribution in [1.82, 2.24) is 0 Å². The molecule has 19 heavy (non-hydrogen) atoms. The Morgan fingerprint density at radius 2 is 1.84 bits per heavy atom. The Morgan fingerprint density at radius 1 is 1.11 bits per heavy atom. The third kappa shape index (κ3) is 3.36. The molecule has 0 saturated heterocycles. The minimum absolute atomic E-state index is 0.205. The highest BCUT2D eigenvalue weighted by Crippen LogP contribution is 2.26. The van der Waals surface area contributed by atoms with Crippen LogP contribution >= 0.6 is 31.9 Å². The van der Waals surface area contributed by atoms with Gasteiger partial charge in [-0.25, -0.2) is 0 Å². The first-order valence-corrected chi connectivity index (χ1v) is 7.18. The second-order valence-corrected chi connectivity index (χ2v) is 5.89. The first-order valence-electron chi connectivity index (χ1n) is 5.60. The Bertz CT molecular complexity index is 641. The molecule has 0 bridgehead atoms. The van der Waals surface area contributed by atoms with Crippen LogP contribution in [0.4, 0.5) is 11.4 Å². The number of nitrogen functional groups attached to an aromatic ring is 1. The first kappa shape index (κ1) is 14.1. The van der Waals surface area contributed by atoms with Crippen molar-refractivity contribution in [3.63, 3.8) is 0 Å². The molecular weight excluding hydrogens is 372 g/mol. The van der Waals surface area contributed by atoms with Gasteiger partial charge in [0, 0.05) is 14.6 Å². The number of benzene rings is 2. The van der Waals surface area contributed by atoms with Crippen LogP contribution in [0, 0.1) is 6.92 Å². The van der Waals surface area contributed by atoms with E-state index in [1.807, 2.05) is 25.1 Å². The molecule has 0 heterocycles. The molecule has 0 saturated carbocycles. The van der Waals surface area contributed by atoms with Gasteiger partial charge in [0.2, 0.25) is 0 Å². The van der Waals surface area contributed by atoms with Gasteiger partial charge in [0.05, 0.1) is 11.3 Å². The third-order valence-corrected chi connectivity index (χ3v) is 3.96. The molecule has 0 aromatic heterocycles. The van der Waals surface area contributed by atoms with Crippen molar-refractivity contribution in [3.8, 4) is 0 Å². The van der Waals surface area contributed by atoms with E-state index < -0.39 is 0 Å². The highest BCUT2D eigenvalue weighted by Gasteiger charge is 2.12. The van der Waals surface area contributed by atoms with Crippen molar-refractivity contribution in [3.05, 3.63) is 56.5 Å². The minimum Gasteiger partial charge on any atom is -0.399 e. The highest BCUT2D eigenvalue weighted by molar-refractivity contribution is 9.11. The lowest BCUT2D eigenvalue weighted by Gasteiger charge is -2.10. The van der Waals surface area contributed by atoms with Crippen LogP contribution in [0.1, 0.15) is 15.9 Å². The molecule has 0 spiro atoms. The predicted octanol–water partition coefficient (Wildman–Crippen LogP) is 4.35. The Balaban J connectivity index is 2.28. The molecule has 0 atom stereocenters. The van der Waals surface area contributed by atoms with Gasteiger partial charge in [-0.05, 0) is 74.7 Å². The summed E-state index contributed by atoms with van der Waals surface area (Å²) >= 11 is 6.78. The lowest BCUT2D eigenvalue weighted by Crippen LogP contribution is -2.13. The summed E-state index contributed by atoms with van der Waals surface area (Å²) in [4.78, 5) is 12.2. The number of aryl methyl sites for hydroxylation is 1. The van der Waals surface area contributed by atoms with Crippen LogP contribution in [-0.2, 0) is 0 Å². The Labute approximate surface area is 128 Å². The van der Waals surface area contributed by atoms with E-state index in [1.165, 1.54) is 0 Å². The van der Waals surface area contributed by atoms with E-state index in [0.29, 0.717) is 15.7 Å². The predicted molar refractivity (Wildman–Crippen MR) is 85.4 cm³/mol. The fourth-order valence-corrected chi connectivity index (χ4v) is 2.65. The van der Waals surface area contributed by atoms with Crippen LogP contribution in [0.25, 0.3) is 0 Å². The molecule has 5 heteroatoms. The first-order chi connectivity index (χ1) is 8.97. The number of carbonyl (C=O) groups is 1. The SMILES string of the molecule is Cc1ccc(NC(=O)c2cc(N)ccc2Br)c(Br)c1. The number of nitrogens with one attached hydrogen (secondary N) is 1. The van der Waals surface area contributed by atoms with E-state index in [1.54, 1.807) is 18.2 Å². The third-order valence-electron chi connectivity index (χ3n) is 2.61. The number of anilines is 2. The maximum atomic E-state index is 12.2. The van der Waals surface area contributed by atoms with Crippen LogP contribution in [0.15, 0.2) is 45.3 Å². The van der Waals surface area contributed by atoms with E-state index in [9.17, 15) is 4.79 Å². The Kier molecular flexibility index (Phi) is 4.27. The van der Waals surface area contributed by atoms with E-state index in [0.717, 1.165) is 15.7 Å². The van der Waals surface area contributed by atoms with Gasteiger partial charge in [0.1, 0.15) is 0 Å². The van der Waals surface area contributed by atoms with Crippen molar-refractivity contribution in [2.75, 3.05) is 11.1 Å². The number of rotatable bonds is 2. The molecule has 2 aromatic carbocycles. The number of hydrogen-bond acceptors (Lipinski definition) is 2. The van der Waals surface area contributed by atoms with Crippen LogP contribution in [0.5, 0.6) is 0 Å². The Morgan fingerprint density at radius 3 is 2.53 bits per heavy atom. The van der Waals surface area contributed by atoms with E-state index in [2.05, 4.69) is 37.2 Å². The topological polar surface area (TPSA) is 55.1 Å². The lowest BCUT2D eigenvalue weighted by atomic mass is 10.1. The molecule has 0 aliphatic carbocycles. The van der Waals surface area contributed by atoms with Crippen LogP contribution in [0.3, 0.4) is 0 Å². The molecule has 0 aliphatic heterocycles. The molecule has 0 unspecified atom stereocenters. The second kappa shape index (κ2) is 5.75. The average Bonchev–Trinajstić information content (AvgIpc) is 2.35. The van der Waals surface area contributed by atoms with Crippen molar-refractivity contribution < 1.29 is 4.79 Å². The molecule has 2 aromatic rings. The van der Waals surface area contributed by atoms with Crippen LogP contribution < -0.4 is 11.1 Å². The maximum Gasteiger partial charge on any atom is 0.256 e. The number of nitrogens with two attached hydrogens (primary N) is 1.